The maximum absolute atomic E-state index is 12.5. The normalized spacial score (nSPS) is 16.2. The minimum absolute atomic E-state index is 0.00895. The molecule has 34 heavy (non-hydrogen) atoms. The zero-order valence-corrected chi connectivity index (χ0v) is 20.1. The van der Waals surface area contributed by atoms with Crippen molar-refractivity contribution in [3.05, 3.63) is 53.1 Å². The summed E-state index contributed by atoms with van der Waals surface area (Å²) < 4.78 is 5.73. The molecule has 8 heteroatoms. The van der Waals surface area contributed by atoms with Gasteiger partial charge in [-0.2, -0.15) is 10.3 Å². The molecule has 1 aliphatic heterocycles. The highest BCUT2D eigenvalue weighted by Crippen LogP contribution is 2.37. The molecule has 2 amide bonds. The quantitative estimate of drug-likeness (QED) is 0.502. The summed E-state index contributed by atoms with van der Waals surface area (Å²) in [4.78, 5) is 18.8. The maximum atomic E-state index is 12.5. The van der Waals surface area contributed by atoms with Gasteiger partial charge in [-0.25, -0.2) is 4.79 Å². The number of carbonyl (C=O) groups is 1. The fraction of sp³-hybridized carbons (Fsp3) is 0.346. The number of likely N-dealkylation sites (tertiary alicyclic amines) is 1. The van der Waals surface area contributed by atoms with E-state index in [0.717, 1.165) is 76.8 Å². The Kier molecular flexibility index (Phi) is 6.12. The van der Waals surface area contributed by atoms with Gasteiger partial charge in [0.05, 0.1) is 17.4 Å². The Labute approximate surface area is 202 Å². The first-order chi connectivity index (χ1) is 16.5. The third kappa shape index (κ3) is 4.31. The zero-order valence-electron chi connectivity index (χ0n) is 19.2. The molecule has 1 fully saturated rings. The topological polar surface area (TPSA) is 91.5 Å². The molecule has 7 nitrogen and oxygen atoms in total. The first-order valence-electron chi connectivity index (χ1n) is 11.6. The van der Waals surface area contributed by atoms with Crippen molar-refractivity contribution in [2.75, 3.05) is 13.1 Å². The molecular weight excluding hydrogens is 446 g/mol. The second kappa shape index (κ2) is 9.35. The number of hydrogen-bond acceptors (Lipinski definition) is 6. The van der Waals surface area contributed by atoms with Gasteiger partial charge in [-0.3, -0.25) is 0 Å². The van der Waals surface area contributed by atoms with Crippen LogP contribution in [0.15, 0.2) is 41.4 Å². The number of nitrogens with zero attached hydrogens (tertiary/aromatic N) is 5. The third-order valence-corrected chi connectivity index (χ3v) is 7.08. The van der Waals surface area contributed by atoms with E-state index in [-0.39, 0.29) is 12.1 Å². The maximum Gasteiger partial charge on any atom is 0.343 e. The molecule has 2 aromatic carbocycles. The molecule has 0 spiro atoms. The summed E-state index contributed by atoms with van der Waals surface area (Å²) in [6, 6.07) is 13.7. The van der Waals surface area contributed by atoms with Gasteiger partial charge in [0.15, 0.2) is 0 Å². The smallest absolute Gasteiger partial charge is 0.343 e. The van der Waals surface area contributed by atoms with E-state index < -0.39 is 0 Å². The summed E-state index contributed by atoms with van der Waals surface area (Å²) in [5.41, 5.74) is 5.40. The first kappa shape index (κ1) is 22.2. The van der Waals surface area contributed by atoms with Crippen molar-refractivity contribution in [2.24, 2.45) is 4.99 Å². The van der Waals surface area contributed by atoms with Crippen LogP contribution in [0.4, 0.5) is 4.79 Å². The summed E-state index contributed by atoms with van der Waals surface area (Å²) >= 11 is 1.49. The molecule has 2 heterocycles. The van der Waals surface area contributed by atoms with Gasteiger partial charge in [0.25, 0.3) is 0 Å². The van der Waals surface area contributed by atoms with Gasteiger partial charge in [0.1, 0.15) is 21.8 Å². The van der Waals surface area contributed by atoms with Crippen LogP contribution in [0.25, 0.3) is 21.1 Å². The van der Waals surface area contributed by atoms with Crippen molar-refractivity contribution in [2.45, 2.75) is 45.6 Å². The molecule has 0 atom stereocenters. The fourth-order valence-corrected chi connectivity index (χ4v) is 5.36. The van der Waals surface area contributed by atoms with Gasteiger partial charge < -0.3 is 9.64 Å². The van der Waals surface area contributed by atoms with Gasteiger partial charge in [-0.15, -0.1) is 10.2 Å². The number of aromatic nitrogens is 2. The van der Waals surface area contributed by atoms with Crippen LogP contribution in [0.1, 0.15) is 49.8 Å². The predicted octanol–water partition coefficient (Wildman–Crippen LogP) is 5.48. The van der Waals surface area contributed by atoms with Crippen LogP contribution in [0.5, 0.6) is 5.75 Å². The molecule has 1 aliphatic carbocycles. The van der Waals surface area contributed by atoms with Crippen molar-refractivity contribution in [3.63, 3.8) is 0 Å². The van der Waals surface area contributed by atoms with Crippen molar-refractivity contribution in [3.8, 4) is 33.0 Å². The van der Waals surface area contributed by atoms with E-state index >= 15 is 0 Å². The molecule has 0 radical (unpaired) electrons. The van der Waals surface area contributed by atoms with Crippen LogP contribution < -0.4 is 4.74 Å². The Morgan fingerprint density at radius 2 is 1.88 bits per heavy atom. The van der Waals surface area contributed by atoms with E-state index in [9.17, 15) is 10.1 Å². The van der Waals surface area contributed by atoms with Crippen LogP contribution in [0.2, 0.25) is 0 Å². The molecule has 172 valence electrons. The number of carbonyl (C=O) groups excluding carboxylic acids is 1. The molecule has 0 bridgehead atoms. The minimum atomic E-state index is -0.123. The molecular formula is C26H25N5O2S. The van der Waals surface area contributed by atoms with Crippen molar-refractivity contribution in [1.82, 2.24) is 15.1 Å². The summed E-state index contributed by atoms with van der Waals surface area (Å²) in [6.07, 6.45) is 3.68. The molecule has 0 N–H and O–H groups in total. The first-order valence-corrected chi connectivity index (χ1v) is 12.4. The number of rotatable bonds is 4. The summed E-state index contributed by atoms with van der Waals surface area (Å²) in [5, 5.41) is 20.0. The minimum Gasteiger partial charge on any atom is -0.490 e. The van der Waals surface area contributed by atoms with E-state index in [4.69, 9.17) is 4.74 Å². The Balaban J connectivity index is 1.43. The summed E-state index contributed by atoms with van der Waals surface area (Å²) in [6.45, 7) is 5.47. The number of hydrogen-bond donors (Lipinski definition) is 0. The second-order valence-electron chi connectivity index (χ2n) is 8.77. The highest BCUT2D eigenvalue weighted by molar-refractivity contribution is 7.17. The van der Waals surface area contributed by atoms with E-state index in [1.165, 1.54) is 11.3 Å². The number of nitriles is 1. The lowest BCUT2D eigenvalue weighted by Gasteiger charge is -2.12. The molecule has 0 saturated carbocycles. The molecule has 3 aromatic rings. The average molecular weight is 472 g/mol. The van der Waals surface area contributed by atoms with Gasteiger partial charge >= 0.3 is 6.03 Å². The SMILES string of the molecule is CC(C)Oc1ccc(-c2nnc(-c3cccc4c3CCC4=NC(=O)N3CCCC3)s2)cc1C#N. The van der Waals surface area contributed by atoms with Crippen LogP contribution in [0, 0.1) is 11.3 Å². The summed E-state index contributed by atoms with van der Waals surface area (Å²) in [5.74, 6) is 0.571. The lowest BCUT2D eigenvalue weighted by molar-refractivity contribution is 0.219. The van der Waals surface area contributed by atoms with Crippen LogP contribution in [0.3, 0.4) is 0 Å². The monoisotopic (exact) mass is 471 g/mol. The lowest BCUT2D eigenvalue weighted by atomic mass is 10.0. The molecule has 2 aliphatic rings. The third-order valence-electron chi connectivity index (χ3n) is 6.07. The van der Waals surface area contributed by atoms with E-state index in [1.54, 1.807) is 6.07 Å². The van der Waals surface area contributed by atoms with Crippen LogP contribution in [-0.4, -0.2) is 46.0 Å². The Morgan fingerprint density at radius 1 is 1.12 bits per heavy atom. The number of fused-ring (bicyclic) bond motifs is 1. The number of aliphatic imine (C=N–C) groups is 1. The number of urea groups is 1. The predicted molar refractivity (Wildman–Crippen MR) is 132 cm³/mol. The van der Waals surface area contributed by atoms with Gasteiger partial charge in [-0.05, 0) is 63.3 Å². The molecule has 5 rings (SSSR count). The largest absolute Gasteiger partial charge is 0.490 e. The van der Waals surface area contributed by atoms with Crippen LogP contribution in [-0.2, 0) is 6.42 Å². The molecule has 1 aromatic heterocycles. The fourth-order valence-electron chi connectivity index (χ4n) is 4.47. The molecule has 1 saturated heterocycles. The number of benzene rings is 2. The van der Waals surface area contributed by atoms with Gasteiger partial charge in [0.2, 0.25) is 0 Å². The average Bonchev–Trinajstić information content (AvgIpc) is 3.60. The highest BCUT2D eigenvalue weighted by atomic mass is 32.1. The Bertz CT molecular complexity index is 1310. The van der Waals surface area contributed by atoms with Gasteiger partial charge in [0, 0.05) is 29.8 Å². The van der Waals surface area contributed by atoms with E-state index in [1.807, 2.05) is 43.0 Å². The van der Waals surface area contributed by atoms with Crippen molar-refractivity contribution >= 4 is 23.1 Å². The van der Waals surface area contributed by atoms with Gasteiger partial charge in [-0.1, -0.05) is 29.5 Å². The standard InChI is InChI=1S/C26H25N5O2S/c1-16(2)33-23-11-8-17(14-18(23)15-27)24-29-30-25(34-24)21-7-5-6-20-19(21)9-10-22(20)28-26(32)31-12-3-4-13-31/h5-8,11,14,16H,3-4,9-10,12-13H2,1-2H3. The Morgan fingerprint density at radius 3 is 2.65 bits per heavy atom. The zero-order chi connectivity index (χ0) is 23.7. The number of ether oxygens (including phenoxy) is 1. The van der Waals surface area contributed by atoms with E-state index in [2.05, 4.69) is 27.3 Å². The Hall–Kier alpha value is -3.57. The number of amides is 2. The lowest BCUT2D eigenvalue weighted by Crippen LogP contribution is -2.25. The summed E-state index contributed by atoms with van der Waals surface area (Å²) in [7, 11) is 0. The highest BCUT2D eigenvalue weighted by Gasteiger charge is 2.25. The molecule has 0 unspecified atom stereocenters. The van der Waals surface area contributed by atoms with E-state index in [0.29, 0.717) is 11.3 Å². The van der Waals surface area contributed by atoms with Crippen molar-refractivity contribution in [1.29, 1.82) is 5.26 Å². The van der Waals surface area contributed by atoms with Crippen molar-refractivity contribution < 1.29 is 9.53 Å². The van der Waals surface area contributed by atoms with Crippen LogP contribution >= 0.6 is 11.3 Å². The second-order valence-corrected chi connectivity index (χ2v) is 9.75.